The third-order valence-corrected chi connectivity index (χ3v) is 3.49. The molecule has 1 aliphatic rings. The van der Waals surface area contributed by atoms with Gasteiger partial charge in [-0.1, -0.05) is 11.6 Å². The summed E-state index contributed by atoms with van der Waals surface area (Å²) < 4.78 is 11.1. The molecule has 0 aromatic heterocycles. The van der Waals surface area contributed by atoms with Gasteiger partial charge in [0, 0.05) is 43.2 Å². The van der Waals surface area contributed by atoms with Crippen LogP contribution in [0.1, 0.15) is 30.1 Å². The molecule has 3 nitrogen and oxygen atoms in total. The van der Waals surface area contributed by atoms with E-state index in [2.05, 4.69) is 0 Å². The second-order valence-electron chi connectivity index (χ2n) is 4.38. The minimum atomic E-state index is -0.721. The number of carbonyl (C=O) groups excluding carboxylic acids is 1. The Kier molecular flexibility index (Phi) is 4.38. The van der Waals surface area contributed by atoms with Gasteiger partial charge in [0.25, 0.3) is 0 Å². The maximum atomic E-state index is 12.6. The molecule has 0 radical (unpaired) electrons. The zero-order valence-corrected chi connectivity index (χ0v) is 11.2. The monoisotopic (exact) mass is 268 g/mol. The Hall–Kier alpha value is -0.900. The van der Waals surface area contributed by atoms with Crippen LogP contribution in [0.3, 0.4) is 0 Å². The average molecular weight is 269 g/mol. The fraction of sp³-hybridized carbons (Fsp3) is 0.500. The van der Waals surface area contributed by atoms with Crippen LogP contribution in [0.2, 0.25) is 5.02 Å². The molecule has 0 amide bonds. The highest BCUT2D eigenvalue weighted by molar-refractivity contribution is 6.30. The summed E-state index contributed by atoms with van der Waals surface area (Å²) in [5.41, 5.74) is -0.0735. The molecule has 1 fully saturated rings. The van der Waals surface area contributed by atoms with Gasteiger partial charge in [-0.25, -0.2) is 0 Å². The summed E-state index contributed by atoms with van der Waals surface area (Å²) in [7, 11) is 0. The number of ether oxygens (including phenoxy) is 2. The van der Waals surface area contributed by atoms with Crippen LogP contribution in [0.5, 0.6) is 0 Å². The molecule has 0 N–H and O–H groups in total. The predicted octanol–water partition coefficient (Wildman–Crippen LogP) is 3.11. The van der Waals surface area contributed by atoms with E-state index in [1.807, 2.05) is 6.92 Å². The largest absolute Gasteiger partial charge is 0.381 e. The topological polar surface area (TPSA) is 35.5 Å². The molecular weight excluding hydrogens is 252 g/mol. The lowest BCUT2D eigenvalue weighted by atomic mass is 9.85. The number of halogens is 1. The SMILES string of the molecule is CCOC1(C(=O)c2ccc(Cl)cc2)CCOCC1. The number of hydrogen-bond donors (Lipinski definition) is 0. The molecule has 1 aliphatic heterocycles. The molecule has 4 heteroatoms. The highest BCUT2D eigenvalue weighted by atomic mass is 35.5. The predicted molar refractivity (Wildman–Crippen MR) is 70.2 cm³/mol. The summed E-state index contributed by atoms with van der Waals surface area (Å²) in [4.78, 5) is 12.6. The zero-order chi connectivity index (χ0) is 13.0. The minimum absolute atomic E-state index is 0.0318. The van der Waals surface area contributed by atoms with Gasteiger partial charge in [-0.2, -0.15) is 0 Å². The lowest BCUT2D eigenvalue weighted by molar-refractivity contribution is -0.0822. The number of benzene rings is 1. The van der Waals surface area contributed by atoms with Gasteiger partial charge in [0.1, 0.15) is 5.60 Å². The Morgan fingerprint density at radius 2 is 1.94 bits per heavy atom. The van der Waals surface area contributed by atoms with Gasteiger partial charge >= 0.3 is 0 Å². The van der Waals surface area contributed by atoms with Crippen LogP contribution in [-0.2, 0) is 9.47 Å². The van der Waals surface area contributed by atoms with Crippen molar-refractivity contribution in [3.05, 3.63) is 34.9 Å². The molecule has 18 heavy (non-hydrogen) atoms. The van der Waals surface area contributed by atoms with Crippen LogP contribution in [0.15, 0.2) is 24.3 Å². The van der Waals surface area contributed by atoms with E-state index in [4.69, 9.17) is 21.1 Å². The maximum Gasteiger partial charge on any atom is 0.194 e. The molecule has 1 aromatic rings. The summed E-state index contributed by atoms with van der Waals surface area (Å²) in [5.74, 6) is 0.0318. The van der Waals surface area contributed by atoms with Crippen molar-refractivity contribution in [2.75, 3.05) is 19.8 Å². The summed E-state index contributed by atoms with van der Waals surface area (Å²) in [6.07, 6.45) is 1.23. The number of ketones is 1. The molecule has 2 rings (SSSR count). The lowest BCUT2D eigenvalue weighted by Gasteiger charge is -2.35. The fourth-order valence-corrected chi connectivity index (χ4v) is 2.40. The second-order valence-corrected chi connectivity index (χ2v) is 4.81. The molecule has 0 unspecified atom stereocenters. The molecular formula is C14H17ClO3. The Morgan fingerprint density at radius 3 is 2.50 bits per heavy atom. The van der Waals surface area contributed by atoms with Gasteiger partial charge in [-0.3, -0.25) is 4.79 Å². The zero-order valence-electron chi connectivity index (χ0n) is 10.4. The number of Topliss-reactive ketones (excluding diaryl/α,β-unsaturated/α-hetero) is 1. The standard InChI is InChI=1S/C14H17ClO3/c1-2-18-14(7-9-17-10-8-14)13(16)11-3-5-12(15)6-4-11/h3-6H,2,7-10H2,1H3. The third-order valence-electron chi connectivity index (χ3n) is 3.24. The van der Waals surface area contributed by atoms with Gasteiger partial charge < -0.3 is 9.47 Å². The molecule has 1 aromatic carbocycles. The quantitative estimate of drug-likeness (QED) is 0.787. The van der Waals surface area contributed by atoms with E-state index in [0.717, 1.165) is 0 Å². The van der Waals surface area contributed by atoms with E-state index < -0.39 is 5.60 Å². The first-order valence-electron chi connectivity index (χ1n) is 6.20. The van der Waals surface area contributed by atoms with Crippen molar-refractivity contribution < 1.29 is 14.3 Å². The molecule has 0 atom stereocenters. The summed E-state index contributed by atoms with van der Waals surface area (Å²) in [6.45, 7) is 3.57. The third kappa shape index (κ3) is 2.74. The first-order valence-corrected chi connectivity index (χ1v) is 6.58. The van der Waals surface area contributed by atoms with E-state index in [1.54, 1.807) is 24.3 Å². The Balaban J connectivity index is 2.24. The molecule has 1 saturated heterocycles. The highest BCUT2D eigenvalue weighted by Gasteiger charge is 2.41. The average Bonchev–Trinajstić information content (AvgIpc) is 2.40. The van der Waals surface area contributed by atoms with E-state index >= 15 is 0 Å². The van der Waals surface area contributed by atoms with Gasteiger partial charge in [0.15, 0.2) is 5.78 Å². The second kappa shape index (κ2) is 5.83. The van der Waals surface area contributed by atoms with Crippen molar-refractivity contribution in [3.63, 3.8) is 0 Å². The number of rotatable bonds is 4. The molecule has 0 saturated carbocycles. The Morgan fingerprint density at radius 1 is 1.33 bits per heavy atom. The van der Waals surface area contributed by atoms with E-state index in [1.165, 1.54) is 0 Å². The van der Waals surface area contributed by atoms with Gasteiger partial charge in [0.05, 0.1) is 0 Å². The molecule has 0 aliphatic carbocycles. The van der Waals surface area contributed by atoms with Crippen molar-refractivity contribution >= 4 is 17.4 Å². The summed E-state index contributed by atoms with van der Waals surface area (Å²) in [5, 5.41) is 0.629. The van der Waals surface area contributed by atoms with E-state index in [9.17, 15) is 4.79 Å². The Labute approximate surface area is 112 Å². The van der Waals surface area contributed by atoms with Gasteiger partial charge in [-0.05, 0) is 31.2 Å². The number of carbonyl (C=O) groups is 1. The van der Waals surface area contributed by atoms with Crippen LogP contribution in [0, 0.1) is 0 Å². The first kappa shape index (κ1) is 13.5. The lowest BCUT2D eigenvalue weighted by Crippen LogP contribution is -2.46. The van der Waals surface area contributed by atoms with Crippen LogP contribution < -0.4 is 0 Å². The van der Waals surface area contributed by atoms with Crippen LogP contribution in [0.25, 0.3) is 0 Å². The van der Waals surface area contributed by atoms with E-state index in [0.29, 0.717) is 43.2 Å². The van der Waals surface area contributed by atoms with Crippen molar-refractivity contribution in [3.8, 4) is 0 Å². The fourth-order valence-electron chi connectivity index (χ4n) is 2.28. The van der Waals surface area contributed by atoms with Gasteiger partial charge in [0.2, 0.25) is 0 Å². The smallest absolute Gasteiger partial charge is 0.194 e. The number of hydrogen-bond acceptors (Lipinski definition) is 3. The summed E-state index contributed by atoms with van der Waals surface area (Å²) >= 11 is 5.84. The molecule has 0 bridgehead atoms. The van der Waals surface area contributed by atoms with Crippen LogP contribution in [0.4, 0.5) is 0 Å². The van der Waals surface area contributed by atoms with E-state index in [-0.39, 0.29) is 5.78 Å². The normalized spacial score (nSPS) is 18.6. The van der Waals surface area contributed by atoms with Crippen molar-refractivity contribution in [2.24, 2.45) is 0 Å². The van der Waals surface area contributed by atoms with Crippen molar-refractivity contribution in [1.82, 2.24) is 0 Å². The molecule has 1 heterocycles. The van der Waals surface area contributed by atoms with Crippen LogP contribution in [-0.4, -0.2) is 31.2 Å². The first-order chi connectivity index (χ1) is 8.68. The van der Waals surface area contributed by atoms with Crippen molar-refractivity contribution in [2.45, 2.75) is 25.4 Å². The maximum absolute atomic E-state index is 12.6. The summed E-state index contributed by atoms with van der Waals surface area (Å²) in [6, 6.07) is 6.96. The Bertz CT molecular complexity index is 402. The van der Waals surface area contributed by atoms with Crippen molar-refractivity contribution in [1.29, 1.82) is 0 Å². The molecule has 98 valence electrons. The molecule has 0 spiro atoms. The minimum Gasteiger partial charge on any atom is -0.381 e. The van der Waals surface area contributed by atoms with Crippen LogP contribution >= 0.6 is 11.6 Å². The highest BCUT2D eigenvalue weighted by Crippen LogP contribution is 2.29. The van der Waals surface area contributed by atoms with Gasteiger partial charge in [-0.15, -0.1) is 0 Å².